The van der Waals surface area contributed by atoms with E-state index in [1.807, 2.05) is 67.6 Å². The van der Waals surface area contributed by atoms with Crippen LogP contribution in [0.4, 0.5) is 0 Å². The first kappa shape index (κ1) is 20.5. The van der Waals surface area contributed by atoms with Crippen LogP contribution in [-0.4, -0.2) is 36.7 Å². The van der Waals surface area contributed by atoms with Crippen molar-refractivity contribution in [2.45, 2.75) is 13.5 Å². The number of benzene rings is 3. The highest BCUT2D eigenvalue weighted by Crippen LogP contribution is 2.32. The van der Waals surface area contributed by atoms with Crippen molar-refractivity contribution in [3.8, 4) is 22.6 Å². The van der Waals surface area contributed by atoms with Gasteiger partial charge in [-0.1, -0.05) is 48.5 Å². The lowest BCUT2D eigenvalue weighted by Crippen LogP contribution is -2.34. The molecule has 31 heavy (non-hydrogen) atoms. The van der Waals surface area contributed by atoms with Crippen molar-refractivity contribution >= 4 is 11.9 Å². The lowest BCUT2D eigenvalue weighted by Gasteiger charge is -2.21. The monoisotopic (exact) mass is 417 g/mol. The third-order valence-corrected chi connectivity index (χ3v) is 5.10. The molecule has 1 amide bonds. The smallest absolute Gasteiger partial charge is 0.338 e. The van der Waals surface area contributed by atoms with Gasteiger partial charge in [0.1, 0.15) is 0 Å². The summed E-state index contributed by atoms with van der Waals surface area (Å²) in [5, 5.41) is 0. The van der Waals surface area contributed by atoms with E-state index in [-0.39, 0.29) is 19.3 Å². The minimum absolute atomic E-state index is 0.206. The second kappa shape index (κ2) is 9.34. The number of esters is 1. The van der Waals surface area contributed by atoms with Gasteiger partial charge in [-0.25, -0.2) is 4.79 Å². The summed E-state index contributed by atoms with van der Waals surface area (Å²) in [5.41, 5.74) is 3.40. The second-order valence-electron chi connectivity index (χ2n) is 7.12. The zero-order chi connectivity index (χ0) is 21.6. The van der Waals surface area contributed by atoms with Crippen LogP contribution in [0.25, 0.3) is 11.1 Å². The predicted molar refractivity (Wildman–Crippen MR) is 116 cm³/mol. The largest absolute Gasteiger partial charge is 0.454 e. The molecule has 0 aromatic heterocycles. The molecule has 3 aromatic carbocycles. The van der Waals surface area contributed by atoms with E-state index in [4.69, 9.17) is 14.2 Å². The Morgan fingerprint density at radius 3 is 2.35 bits per heavy atom. The molecule has 0 N–H and O–H groups in total. The van der Waals surface area contributed by atoms with Crippen molar-refractivity contribution in [1.29, 1.82) is 0 Å². The molecule has 0 bridgehead atoms. The van der Waals surface area contributed by atoms with Gasteiger partial charge in [-0.15, -0.1) is 0 Å². The molecule has 1 aliphatic rings. The molecule has 6 nitrogen and oxygen atoms in total. The Morgan fingerprint density at radius 1 is 0.903 bits per heavy atom. The van der Waals surface area contributed by atoms with E-state index in [2.05, 4.69) is 0 Å². The third-order valence-electron chi connectivity index (χ3n) is 5.10. The van der Waals surface area contributed by atoms with Crippen molar-refractivity contribution < 1.29 is 23.8 Å². The number of carbonyl (C=O) groups is 2. The molecule has 4 rings (SSSR count). The molecule has 0 radical (unpaired) electrons. The van der Waals surface area contributed by atoms with Crippen molar-refractivity contribution in [3.63, 3.8) is 0 Å². The quantitative estimate of drug-likeness (QED) is 0.537. The summed E-state index contributed by atoms with van der Waals surface area (Å²) in [4.78, 5) is 26.6. The molecular weight excluding hydrogens is 394 g/mol. The highest BCUT2D eigenvalue weighted by atomic mass is 16.7. The standard InChI is InChI=1S/C25H23NO5/c1-2-26(15-18-8-13-22-23(14-18)31-17-30-22)24(27)16-29-25(28)21-11-9-20(10-12-21)19-6-4-3-5-7-19/h3-14H,2,15-17H2,1H3. The summed E-state index contributed by atoms with van der Waals surface area (Å²) in [6, 6.07) is 22.6. The van der Waals surface area contributed by atoms with Crippen LogP contribution in [0.5, 0.6) is 11.5 Å². The SMILES string of the molecule is CCN(Cc1ccc2c(c1)OCO2)C(=O)COC(=O)c1ccc(-c2ccccc2)cc1. The van der Waals surface area contributed by atoms with E-state index in [1.54, 1.807) is 17.0 Å². The van der Waals surface area contributed by atoms with Crippen LogP contribution < -0.4 is 9.47 Å². The topological polar surface area (TPSA) is 65.1 Å². The van der Waals surface area contributed by atoms with Crippen molar-refractivity contribution in [1.82, 2.24) is 4.90 Å². The molecule has 0 saturated carbocycles. The molecule has 0 atom stereocenters. The number of likely N-dealkylation sites (N-methyl/N-ethyl adjacent to an activating group) is 1. The molecule has 1 aliphatic heterocycles. The molecule has 0 saturated heterocycles. The summed E-state index contributed by atoms with van der Waals surface area (Å²) in [6.07, 6.45) is 0. The molecule has 0 aliphatic carbocycles. The van der Waals surface area contributed by atoms with Gasteiger partial charge in [0.15, 0.2) is 18.1 Å². The molecule has 158 valence electrons. The van der Waals surface area contributed by atoms with Crippen molar-refractivity contribution in [2.75, 3.05) is 19.9 Å². The maximum atomic E-state index is 12.6. The van der Waals surface area contributed by atoms with E-state index < -0.39 is 5.97 Å². The Kier molecular flexibility index (Phi) is 6.17. The number of nitrogens with zero attached hydrogens (tertiary/aromatic N) is 1. The normalized spacial score (nSPS) is 11.8. The summed E-state index contributed by atoms with van der Waals surface area (Å²) >= 11 is 0. The summed E-state index contributed by atoms with van der Waals surface area (Å²) in [5.74, 6) is 0.596. The summed E-state index contributed by atoms with van der Waals surface area (Å²) < 4.78 is 16.0. The van der Waals surface area contributed by atoms with E-state index in [0.717, 1.165) is 16.7 Å². The van der Waals surface area contributed by atoms with Gasteiger partial charge in [-0.2, -0.15) is 0 Å². The average Bonchev–Trinajstić information content (AvgIpc) is 3.29. The predicted octanol–water partition coefficient (Wildman–Crippen LogP) is 4.29. The molecule has 6 heteroatoms. The Morgan fingerprint density at radius 2 is 1.61 bits per heavy atom. The van der Waals surface area contributed by atoms with Gasteiger partial charge in [-0.05, 0) is 47.9 Å². The first-order valence-electron chi connectivity index (χ1n) is 10.1. The minimum Gasteiger partial charge on any atom is -0.454 e. The van der Waals surface area contributed by atoms with Crippen molar-refractivity contribution in [2.24, 2.45) is 0 Å². The van der Waals surface area contributed by atoms with Crippen LogP contribution in [0.2, 0.25) is 0 Å². The van der Waals surface area contributed by atoms with Gasteiger partial charge >= 0.3 is 5.97 Å². The van der Waals surface area contributed by atoms with E-state index in [1.165, 1.54) is 0 Å². The van der Waals surface area contributed by atoms with Crippen LogP contribution in [0.1, 0.15) is 22.8 Å². The lowest BCUT2D eigenvalue weighted by atomic mass is 10.0. The van der Waals surface area contributed by atoms with Crippen LogP contribution in [0.15, 0.2) is 72.8 Å². The van der Waals surface area contributed by atoms with Gasteiger partial charge in [0, 0.05) is 13.1 Å². The van der Waals surface area contributed by atoms with E-state index >= 15 is 0 Å². The molecule has 0 fully saturated rings. The number of amides is 1. The Bertz CT molecular complexity index is 1060. The zero-order valence-corrected chi connectivity index (χ0v) is 17.2. The Labute approximate surface area is 181 Å². The minimum atomic E-state index is -0.521. The van der Waals surface area contributed by atoms with E-state index in [0.29, 0.717) is 30.2 Å². The third kappa shape index (κ3) is 4.86. The highest BCUT2D eigenvalue weighted by Gasteiger charge is 2.18. The molecule has 0 unspecified atom stereocenters. The number of carbonyl (C=O) groups excluding carboxylic acids is 2. The second-order valence-corrected chi connectivity index (χ2v) is 7.12. The van der Waals surface area contributed by atoms with Gasteiger partial charge in [-0.3, -0.25) is 4.79 Å². The van der Waals surface area contributed by atoms with E-state index in [9.17, 15) is 9.59 Å². The number of fused-ring (bicyclic) bond motifs is 1. The summed E-state index contributed by atoms with van der Waals surface area (Å²) in [7, 11) is 0. The van der Waals surface area contributed by atoms with Gasteiger partial charge in [0.05, 0.1) is 5.56 Å². The number of ether oxygens (including phenoxy) is 3. The maximum absolute atomic E-state index is 12.6. The first-order valence-corrected chi connectivity index (χ1v) is 10.1. The van der Waals surface area contributed by atoms with Gasteiger partial charge in [0.2, 0.25) is 6.79 Å². The Hall–Kier alpha value is -3.80. The fourth-order valence-corrected chi connectivity index (χ4v) is 3.37. The fourth-order valence-electron chi connectivity index (χ4n) is 3.37. The lowest BCUT2D eigenvalue weighted by molar-refractivity contribution is -0.134. The Balaban J connectivity index is 1.33. The molecule has 1 heterocycles. The number of hydrogen-bond donors (Lipinski definition) is 0. The zero-order valence-electron chi connectivity index (χ0n) is 17.2. The molecule has 3 aromatic rings. The maximum Gasteiger partial charge on any atom is 0.338 e. The molecular formula is C25H23NO5. The number of hydrogen-bond acceptors (Lipinski definition) is 5. The van der Waals surface area contributed by atoms with Gasteiger partial charge in [0.25, 0.3) is 5.91 Å². The summed E-state index contributed by atoms with van der Waals surface area (Å²) in [6.45, 7) is 2.68. The fraction of sp³-hybridized carbons (Fsp3) is 0.200. The highest BCUT2D eigenvalue weighted by molar-refractivity contribution is 5.91. The molecule has 0 spiro atoms. The van der Waals surface area contributed by atoms with Crippen molar-refractivity contribution in [3.05, 3.63) is 83.9 Å². The van der Waals surface area contributed by atoms with Gasteiger partial charge < -0.3 is 19.1 Å². The number of rotatable bonds is 7. The van der Waals surface area contributed by atoms with Crippen LogP contribution in [-0.2, 0) is 16.1 Å². The van der Waals surface area contributed by atoms with Crippen LogP contribution in [0.3, 0.4) is 0 Å². The first-order chi connectivity index (χ1) is 15.1. The average molecular weight is 417 g/mol. The van der Waals surface area contributed by atoms with Crippen LogP contribution >= 0.6 is 0 Å². The van der Waals surface area contributed by atoms with Crippen LogP contribution in [0, 0.1) is 0 Å².